The highest BCUT2D eigenvalue weighted by atomic mass is 79.9. The number of hydrogen-bond acceptors (Lipinski definition) is 4. The Bertz CT molecular complexity index is 640. The van der Waals surface area contributed by atoms with Gasteiger partial charge >= 0.3 is 0 Å². The molecule has 0 fully saturated rings. The van der Waals surface area contributed by atoms with Crippen molar-refractivity contribution in [2.75, 3.05) is 31.7 Å². The quantitative estimate of drug-likeness (QED) is 0.795. The summed E-state index contributed by atoms with van der Waals surface area (Å²) in [4.78, 5) is 14.7. The van der Waals surface area contributed by atoms with Crippen LogP contribution in [0.25, 0.3) is 0 Å². The van der Waals surface area contributed by atoms with E-state index < -0.39 is 0 Å². The molecule has 21 heavy (non-hydrogen) atoms. The average Bonchev–Trinajstić information content (AvgIpc) is 2.85. The largest absolute Gasteiger partial charge is 0.397 e. The van der Waals surface area contributed by atoms with Crippen LogP contribution in [0.2, 0.25) is 0 Å². The van der Waals surface area contributed by atoms with Gasteiger partial charge in [-0.25, -0.2) is 0 Å². The van der Waals surface area contributed by atoms with Gasteiger partial charge in [-0.3, -0.25) is 4.79 Å². The maximum atomic E-state index is 11.9. The maximum Gasteiger partial charge on any atom is 0.253 e. The summed E-state index contributed by atoms with van der Waals surface area (Å²) in [6, 6.07) is 9.53. The first kappa shape index (κ1) is 15.9. The van der Waals surface area contributed by atoms with E-state index in [-0.39, 0.29) is 5.91 Å². The van der Waals surface area contributed by atoms with Crippen LogP contribution in [0.4, 0.5) is 11.4 Å². The number of rotatable bonds is 5. The molecule has 0 saturated carbocycles. The van der Waals surface area contributed by atoms with Gasteiger partial charge < -0.3 is 16.0 Å². The Balaban J connectivity index is 1.96. The lowest BCUT2D eigenvalue weighted by atomic mass is 10.1. The average molecular weight is 368 g/mol. The van der Waals surface area contributed by atoms with Crippen LogP contribution in [0, 0.1) is 0 Å². The first-order chi connectivity index (χ1) is 9.97. The van der Waals surface area contributed by atoms with Gasteiger partial charge in [0.1, 0.15) is 0 Å². The van der Waals surface area contributed by atoms with E-state index in [2.05, 4.69) is 33.4 Å². The van der Waals surface area contributed by atoms with E-state index in [1.54, 1.807) is 37.6 Å². The minimum absolute atomic E-state index is 0.0447. The Kier molecular flexibility index (Phi) is 5.25. The minimum atomic E-state index is -0.0447. The molecule has 4 nitrogen and oxygen atoms in total. The van der Waals surface area contributed by atoms with Gasteiger partial charge in [0.25, 0.3) is 5.91 Å². The summed E-state index contributed by atoms with van der Waals surface area (Å²) in [6.45, 7) is 0.804. The number of hydrogen-bond donors (Lipinski definition) is 2. The molecular weight excluding hydrogens is 350 g/mol. The van der Waals surface area contributed by atoms with Crippen molar-refractivity contribution in [1.82, 2.24) is 4.90 Å². The molecule has 1 aromatic heterocycles. The summed E-state index contributed by atoms with van der Waals surface area (Å²) in [6.07, 6.45) is 0.939. The number of anilines is 2. The molecule has 0 unspecified atom stereocenters. The van der Waals surface area contributed by atoms with Crippen LogP contribution in [0.5, 0.6) is 0 Å². The first-order valence-corrected chi connectivity index (χ1v) is 8.17. The number of carbonyl (C=O) groups excluding carboxylic acids is 1. The van der Waals surface area contributed by atoms with Crippen molar-refractivity contribution in [3.8, 4) is 0 Å². The first-order valence-electron chi connectivity index (χ1n) is 6.56. The molecule has 0 spiro atoms. The fourth-order valence-electron chi connectivity index (χ4n) is 1.92. The molecule has 0 bridgehead atoms. The number of carbonyl (C=O) groups is 1. The van der Waals surface area contributed by atoms with E-state index in [1.807, 2.05) is 6.07 Å². The molecule has 2 rings (SSSR count). The zero-order valence-electron chi connectivity index (χ0n) is 12.0. The molecule has 0 atom stereocenters. The summed E-state index contributed by atoms with van der Waals surface area (Å²) in [5, 5.41) is 3.31. The van der Waals surface area contributed by atoms with Crippen LogP contribution in [-0.4, -0.2) is 31.4 Å². The summed E-state index contributed by atoms with van der Waals surface area (Å²) in [5.41, 5.74) is 8.06. The fourth-order valence-corrected chi connectivity index (χ4v) is 3.40. The second-order valence-electron chi connectivity index (χ2n) is 4.88. The minimum Gasteiger partial charge on any atom is -0.397 e. The van der Waals surface area contributed by atoms with Gasteiger partial charge in [-0.1, -0.05) is 0 Å². The normalized spacial score (nSPS) is 10.4. The van der Waals surface area contributed by atoms with E-state index in [9.17, 15) is 4.79 Å². The van der Waals surface area contributed by atoms with Crippen LogP contribution < -0.4 is 11.1 Å². The number of nitrogens with two attached hydrogens (primary N) is 1. The maximum absolute atomic E-state index is 11.9. The molecular formula is C15H18BrN3OS. The van der Waals surface area contributed by atoms with Gasteiger partial charge in [-0.05, 0) is 52.7 Å². The number of nitrogen functional groups attached to an aromatic ring is 1. The van der Waals surface area contributed by atoms with E-state index in [0.717, 1.165) is 22.4 Å². The Morgan fingerprint density at radius 1 is 1.33 bits per heavy atom. The molecule has 1 heterocycles. The van der Waals surface area contributed by atoms with Crippen molar-refractivity contribution in [1.29, 1.82) is 0 Å². The Hall–Kier alpha value is -1.53. The van der Waals surface area contributed by atoms with Gasteiger partial charge in [-0.15, -0.1) is 11.3 Å². The molecule has 2 aromatic rings. The lowest BCUT2D eigenvalue weighted by molar-refractivity contribution is 0.0827. The number of halogens is 1. The Labute approximate surface area is 137 Å². The SMILES string of the molecule is CN(C)C(=O)c1ccc(NCCc2ccc(Br)s2)c(N)c1. The van der Waals surface area contributed by atoms with E-state index in [0.29, 0.717) is 11.3 Å². The third-order valence-electron chi connectivity index (χ3n) is 3.02. The molecule has 0 aliphatic heterocycles. The van der Waals surface area contributed by atoms with Crippen LogP contribution in [-0.2, 0) is 6.42 Å². The number of benzene rings is 1. The van der Waals surface area contributed by atoms with Crippen molar-refractivity contribution in [2.45, 2.75) is 6.42 Å². The van der Waals surface area contributed by atoms with E-state index in [1.165, 1.54) is 9.78 Å². The highest BCUT2D eigenvalue weighted by molar-refractivity contribution is 9.11. The standard InChI is InChI=1S/C15H18BrN3OS/c1-19(2)15(20)10-3-5-13(12(17)9-10)18-8-7-11-4-6-14(16)21-11/h3-6,9,18H,7-8,17H2,1-2H3. The zero-order valence-corrected chi connectivity index (χ0v) is 14.4. The highest BCUT2D eigenvalue weighted by Crippen LogP contribution is 2.23. The predicted molar refractivity (Wildman–Crippen MR) is 93.1 cm³/mol. The second kappa shape index (κ2) is 6.95. The molecule has 6 heteroatoms. The molecule has 1 amide bonds. The molecule has 112 valence electrons. The van der Waals surface area contributed by atoms with Gasteiger partial charge in [0.2, 0.25) is 0 Å². The molecule has 3 N–H and O–H groups in total. The lowest BCUT2D eigenvalue weighted by Crippen LogP contribution is -2.21. The number of amides is 1. The van der Waals surface area contributed by atoms with Gasteiger partial charge in [-0.2, -0.15) is 0 Å². The van der Waals surface area contributed by atoms with Crippen LogP contribution in [0.3, 0.4) is 0 Å². The number of thiophene rings is 1. The van der Waals surface area contributed by atoms with Crippen molar-refractivity contribution < 1.29 is 4.79 Å². The number of nitrogens with zero attached hydrogens (tertiary/aromatic N) is 1. The van der Waals surface area contributed by atoms with Crippen LogP contribution in [0.15, 0.2) is 34.1 Å². The molecule has 0 saturated heterocycles. The van der Waals surface area contributed by atoms with E-state index in [4.69, 9.17) is 5.73 Å². The lowest BCUT2D eigenvalue weighted by Gasteiger charge is -2.13. The molecule has 0 aliphatic carbocycles. The summed E-state index contributed by atoms with van der Waals surface area (Å²) in [5.74, 6) is -0.0447. The topological polar surface area (TPSA) is 58.4 Å². The van der Waals surface area contributed by atoms with Crippen LogP contribution >= 0.6 is 27.3 Å². The number of nitrogens with one attached hydrogen (secondary N) is 1. The summed E-state index contributed by atoms with van der Waals surface area (Å²) < 4.78 is 1.14. The summed E-state index contributed by atoms with van der Waals surface area (Å²) >= 11 is 5.19. The third kappa shape index (κ3) is 4.22. The van der Waals surface area contributed by atoms with Gasteiger partial charge in [0, 0.05) is 31.1 Å². The van der Waals surface area contributed by atoms with Crippen molar-refractivity contribution in [2.24, 2.45) is 0 Å². The Morgan fingerprint density at radius 3 is 2.67 bits per heavy atom. The molecule has 0 radical (unpaired) electrons. The van der Waals surface area contributed by atoms with Crippen molar-refractivity contribution >= 4 is 44.5 Å². The molecule has 0 aliphatic rings. The van der Waals surface area contributed by atoms with Crippen LogP contribution in [0.1, 0.15) is 15.2 Å². The third-order valence-corrected chi connectivity index (χ3v) is 4.70. The van der Waals surface area contributed by atoms with E-state index >= 15 is 0 Å². The smallest absolute Gasteiger partial charge is 0.253 e. The van der Waals surface area contributed by atoms with Crippen molar-refractivity contribution in [3.05, 3.63) is 44.6 Å². The summed E-state index contributed by atoms with van der Waals surface area (Å²) in [7, 11) is 3.45. The molecule has 1 aromatic carbocycles. The Morgan fingerprint density at radius 2 is 2.10 bits per heavy atom. The van der Waals surface area contributed by atoms with Gasteiger partial charge in [0.15, 0.2) is 0 Å². The zero-order chi connectivity index (χ0) is 15.4. The monoisotopic (exact) mass is 367 g/mol. The second-order valence-corrected chi connectivity index (χ2v) is 7.43. The van der Waals surface area contributed by atoms with Gasteiger partial charge in [0.05, 0.1) is 15.2 Å². The predicted octanol–water partition coefficient (Wildman–Crippen LogP) is 3.45. The highest BCUT2D eigenvalue weighted by Gasteiger charge is 2.09. The fraction of sp³-hybridized carbons (Fsp3) is 0.267. The van der Waals surface area contributed by atoms with Crippen molar-refractivity contribution in [3.63, 3.8) is 0 Å².